The van der Waals surface area contributed by atoms with Gasteiger partial charge in [-0.25, -0.2) is 0 Å². The van der Waals surface area contributed by atoms with Crippen molar-refractivity contribution in [1.82, 2.24) is 4.90 Å². The molecule has 106 valence electrons. The number of benzene rings is 1. The normalized spacial score (nSPS) is 10.8. The van der Waals surface area contributed by atoms with Crippen LogP contribution in [0, 0.1) is 5.41 Å². The first-order valence-electron chi connectivity index (χ1n) is 6.31. The summed E-state index contributed by atoms with van der Waals surface area (Å²) in [5.74, 6) is 0.452. The van der Waals surface area contributed by atoms with Crippen molar-refractivity contribution in [2.45, 2.75) is 11.4 Å². The standard InChI is InChI=1S/C15H19N3S2/c1-18(2)10-11-9-12(6-7-13(11)19-3)17-15(16)14-5-4-8-20-14/h4-9H,10H2,1-3H3,(H2,16,17). The maximum atomic E-state index is 8.08. The first-order valence-corrected chi connectivity index (χ1v) is 8.41. The molecule has 0 atom stereocenters. The molecule has 20 heavy (non-hydrogen) atoms. The van der Waals surface area contributed by atoms with Crippen molar-refractivity contribution in [3.8, 4) is 0 Å². The average Bonchev–Trinajstić information content (AvgIpc) is 2.92. The number of nitrogens with zero attached hydrogens (tertiary/aromatic N) is 1. The van der Waals surface area contributed by atoms with E-state index in [2.05, 4.69) is 42.7 Å². The van der Waals surface area contributed by atoms with Gasteiger partial charge in [0.1, 0.15) is 5.84 Å². The highest BCUT2D eigenvalue weighted by atomic mass is 32.2. The Bertz CT molecular complexity index is 577. The molecule has 0 aliphatic carbocycles. The van der Waals surface area contributed by atoms with Gasteiger partial charge < -0.3 is 10.2 Å². The second kappa shape index (κ2) is 6.92. The lowest BCUT2D eigenvalue weighted by atomic mass is 10.2. The van der Waals surface area contributed by atoms with Crippen molar-refractivity contribution in [3.63, 3.8) is 0 Å². The zero-order valence-corrected chi connectivity index (χ0v) is 13.6. The summed E-state index contributed by atoms with van der Waals surface area (Å²) in [5, 5.41) is 13.2. The molecule has 2 N–H and O–H groups in total. The molecule has 0 spiro atoms. The number of thioether (sulfide) groups is 1. The van der Waals surface area contributed by atoms with E-state index < -0.39 is 0 Å². The van der Waals surface area contributed by atoms with E-state index in [1.54, 1.807) is 23.1 Å². The maximum absolute atomic E-state index is 8.08. The Morgan fingerprint density at radius 2 is 2.15 bits per heavy atom. The van der Waals surface area contributed by atoms with Crippen LogP contribution >= 0.6 is 23.1 Å². The molecular formula is C15H19N3S2. The Kier molecular flexibility index (Phi) is 5.23. The van der Waals surface area contributed by atoms with Crippen molar-refractivity contribution >= 4 is 34.6 Å². The molecule has 0 aliphatic rings. The summed E-state index contributed by atoms with van der Waals surface area (Å²) in [5.41, 5.74) is 2.25. The van der Waals surface area contributed by atoms with Gasteiger partial charge in [-0.3, -0.25) is 5.41 Å². The van der Waals surface area contributed by atoms with Crippen molar-refractivity contribution < 1.29 is 0 Å². The molecule has 0 bridgehead atoms. The molecule has 0 fully saturated rings. The van der Waals surface area contributed by atoms with Crippen LogP contribution in [-0.4, -0.2) is 31.1 Å². The number of hydrogen-bond donors (Lipinski definition) is 2. The second-order valence-electron chi connectivity index (χ2n) is 4.74. The third kappa shape index (κ3) is 3.85. The molecule has 0 unspecified atom stereocenters. The summed E-state index contributed by atoms with van der Waals surface area (Å²) in [6.07, 6.45) is 2.09. The van der Waals surface area contributed by atoms with E-state index in [1.165, 1.54) is 10.5 Å². The van der Waals surface area contributed by atoms with Gasteiger partial charge in [0.05, 0.1) is 4.88 Å². The zero-order chi connectivity index (χ0) is 14.5. The van der Waals surface area contributed by atoms with E-state index in [9.17, 15) is 0 Å². The first-order chi connectivity index (χ1) is 9.60. The summed E-state index contributed by atoms with van der Waals surface area (Å²) >= 11 is 3.33. The molecule has 0 radical (unpaired) electrons. The number of anilines is 1. The highest BCUT2D eigenvalue weighted by Gasteiger charge is 2.07. The number of amidine groups is 1. The smallest absolute Gasteiger partial charge is 0.140 e. The van der Waals surface area contributed by atoms with Gasteiger partial charge in [-0.05, 0) is 55.6 Å². The predicted octanol–water partition coefficient (Wildman–Crippen LogP) is 3.97. The van der Waals surface area contributed by atoms with Crippen LogP contribution < -0.4 is 5.32 Å². The molecule has 0 amide bonds. The number of nitrogens with one attached hydrogen (secondary N) is 2. The van der Waals surface area contributed by atoms with Gasteiger partial charge in [0, 0.05) is 17.1 Å². The summed E-state index contributed by atoms with van der Waals surface area (Å²) in [6.45, 7) is 0.901. The minimum absolute atomic E-state index is 0.452. The number of thiophene rings is 1. The van der Waals surface area contributed by atoms with Crippen molar-refractivity contribution in [3.05, 3.63) is 46.2 Å². The van der Waals surface area contributed by atoms with Gasteiger partial charge >= 0.3 is 0 Å². The van der Waals surface area contributed by atoms with Crippen molar-refractivity contribution in [2.75, 3.05) is 25.7 Å². The van der Waals surface area contributed by atoms with Gasteiger partial charge in [0.2, 0.25) is 0 Å². The fourth-order valence-corrected chi connectivity index (χ4v) is 3.17. The van der Waals surface area contributed by atoms with Gasteiger partial charge in [-0.1, -0.05) is 6.07 Å². The van der Waals surface area contributed by atoms with Crippen LogP contribution in [0.15, 0.2) is 40.6 Å². The molecule has 0 saturated heterocycles. The van der Waals surface area contributed by atoms with Crippen molar-refractivity contribution in [1.29, 1.82) is 5.41 Å². The van der Waals surface area contributed by atoms with Crippen molar-refractivity contribution in [2.24, 2.45) is 0 Å². The molecule has 1 heterocycles. The van der Waals surface area contributed by atoms with Gasteiger partial charge in [0.25, 0.3) is 0 Å². The average molecular weight is 305 g/mol. The Morgan fingerprint density at radius 1 is 1.35 bits per heavy atom. The third-order valence-corrected chi connectivity index (χ3v) is 4.53. The Morgan fingerprint density at radius 3 is 2.75 bits per heavy atom. The van der Waals surface area contributed by atoms with E-state index in [4.69, 9.17) is 5.41 Å². The molecule has 1 aromatic carbocycles. The molecule has 2 rings (SSSR count). The molecular weight excluding hydrogens is 286 g/mol. The summed E-state index contributed by atoms with van der Waals surface area (Å²) in [4.78, 5) is 4.39. The Balaban J connectivity index is 2.18. The van der Waals surface area contributed by atoms with E-state index in [0.29, 0.717) is 5.84 Å². The fraction of sp³-hybridized carbons (Fsp3) is 0.267. The van der Waals surface area contributed by atoms with Crippen LogP contribution in [0.5, 0.6) is 0 Å². The zero-order valence-electron chi connectivity index (χ0n) is 11.9. The quantitative estimate of drug-likeness (QED) is 0.499. The number of hydrogen-bond acceptors (Lipinski definition) is 4. The topological polar surface area (TPSA) is 39.1 Å². The maximum Gasteiger partial charge on any atom is 0.140 e. The Hall–Kier alpha value is -1.30. The van der Waals surface area contributed by atoms with E-state index in [1.807, 2.05) is 23.6 Å². The van der Waals surface area contributed by atoms with Gasteiger partial charge in [-0.2, -0.15) is 0 Å². The third-order valence-electron chi connectivity index (χ3n) is 2.80. The molecule has 3 nitrogen and oxygen atoms in total. The van der Waals surface area contributed by atoms with E-state index in [-0.39, 0.29) is 0 Å². The number of rotatable bonds is 5. The molecule has 0 saturated carbocycles. The highest BCUT2D eigenvalue weighted by molar-refractivity contribution is 7.98. The monoisotopic (exact) mass is 305 g/mol. The largest absolute Gasteiger partial charge is 0.340 e. The predicted molar refractivity (Wildman–Crippen MR) is 90.4 cm³/mol. The van der Waals surface area contributed by atoms with Gasteiger partial charge in [-0.15, -0.1) is 23.1 Å². The summed E-state index contributed by atoms with van der Waals surface area (Å²) < 4.78 is 0. The van der Waals surface area contributed by atoms with Gasteiger partial charge in [0.15, 0.2) is 0 Å². The van der Waals surface area contributed by atoms with Crippen LogP contribution in [0.25, 0.3) is 0 Å². The fourth-order valence-electron chi connectivity index (χ4n) is 1.95. The molecule has 5 heteroatoms. The second-order valence-corrected chi connectivity index (χ2v) is 6.54. The lowest BCUT2D eigenvalue weighted by Crippen LogP contribution is -2.13. The molecule has 2 aromatic rings. The first kappa shape index (κ1) is 15.1. The van der Waals surface area contributed by atoms with Crippen LogP contribution in [0.1, 0.15) is 10.4 Å². The van der Waals surface area contributed by atoms with Crippen LogP contribution in [0.3, 0.4) is 0 Å². The minimum atomic E-state index is 0.452. The molecule has 1 aromatic heterocycles. The van der Waals surface area contributed by atoms with Crippen LogP contribution in [0.2, 0.25) is 0 Å². The van der Waals surface area contributed by atoms with Crippen LogP contribution in [0.4, 0.5) is 5.69 Å². The lowest BCUT2D eigenvalue weighted by molar-refractivity contribution is 0.399. The Labute approximate surface area is 128 Å². The highest BCUT2D eigenvalue weighted by Crippen LogP contribution is 2.25. The van der Waals surface area contributed by atoms with E-state index >= 15 is 0 Å². The van der Waals surface area contributed by atoms with E-state index in [0.717, 1.165) is 17.1 Å². The minimum Gasteiger partial charge on any atom is -0.340 e. The summed E-state index contributed by atoms with van der Waals surface area (Å²) in [7, 11) is 4.13. The molecule has 0 aliphatic heterocycles. The lowest BCUT2D eigenvalue weighted by Gasteiger charge is -2.15. The summed E-state index contributed by atoms with van der Waals surface area (Å²) in [6, 6.07) is 10.2. The van der Waals surface area contributed by atoms with Crippen LogP contribution in [-0.2, 0) is 6.54 Å². The SMILES string of the molecule is CSc1ccc(NC(=N)c2cccs2)cc1CN(C)C.